The van der Waals surface area contributed by atoms with Crippen LogP contribution in [-0.2, 0) is 6.42 Å². The van der Waals surface area contributed by atoms with Crippen LogP contribution in [0.5, 0.6) is 11.5 Å². The van der Waals surface area contributed by atoms with E-state index in [4.69, 9.17) is 9.47 Å². The van der Waals surface area contributed by atoms with E-state index in [1.807, 2.05) is 6.92 Å². The Balaban J connectivity index is 2.10. The third kappa shape index (κ3) is 1.68. The van der Waals surface area contributed by atoms with Crippen LogP contribution in [0.3, 0.4) is 0 Å². The molecular formula is C15H13N5O3. The molecule has 0 radical (unpaired) electrons. The molecule has 23 heavy (non-hydrogen) atoms. The van der Waals surface area contributed by atoms with Crippen LogP contribution >= 0.6 is 0 Å². The molecule has 1 aromatic carbocycles. The molecule has 0 saturated heterocycles. The van der Waals surface area contributed by atoms with Crippen molar-refractivity contribution in [3.63, 3.8) is 0 Å². The molecule has 8 nitrogen and oxygen atoms in total. The molecule has 0 amide bonds. The number of benzene rings is 1. The fourth-order valence-corrected chi connectivity index (χ4v) is 2.81. The summed E-state index contributed by atoms with van der Waals surface area (Å²) in [5.74, 6) is 1.75. The summed E-state index contributed by atoms with van der Waals surface area (Å²) in [4.78, 5) is 17.1. The number of carbonyl (C=O) groups excluding carboxylic acids is 1. The van der Waals surface area contributed by atoms with E-state index < -0.39 is 0 Å². The highest BCUT2D eigenvalue weighted by Crippen LogP contribution is 2.44. The number of ketones is 1. The van der Waals surface area contributed by atoms with E-state index in [-0.39, 0.29) is 11.5 Å². The second kappa shape index (κ2) is 4.73. The predicted molar refractivity (Wildman–Crippen MR) is 79.9 cm³/mol. The third-order valence-corrected chi connectivity index (χ3v) is 3.89. The number of hydrogen-bond donors (Lipinski definition) is 0. The number of carbonyl (C=O) groups is 1. The zero-order chi connectivity index (χ0) is 16.1. The normalized spacial score (nSPS) is 12.4. The largest absolute Gasteiger partial charge is 0.496 e. The maximum atomic E-state index is 12.8. The molecule has 1 aliphatic rings. The Kier molecular flexibility index (Phi) is 2.80. The molecule has 2 heterocycles. The van der Waals surface area contributed by atoms with Crippen molar-refractivity contribution in [2.24, 2.45) is 0 Å². The van der Waals surface area contributed by atoms with Gasteiger partial charge < -0.3 is 9.47 Å². The van der Waals surface area contributed by atoms with Crippen molar-refractivity contribution in [1.82, 2.24) is 24.8 Å². The lowest BCUT2D eigenvalue weighted by molar-refractivity contribution is 0.103. The molecule has 0 bridgehead atoms. The minimum Gasteiger partial charge on any atom is -0.496 e. The fraction of sp³-hybridized carbons (Fsp3) is 0.267. The average molecular weight is 311 g/mol. The van der Waals surface area contributed by atoms with E-state index in [0.717, 1.165) is 0 Å². The third-order valence-electron chi connectivity index (χ3n) is 3.89. The molecule has 1 aliphatic carbocycles. The average Bonchev–Trinajstić information content (AvgIpc) is 3.12. The van der Waals surface area contributed by atoms with Crippen LogP contribution in [0, 0.1) is 0 Å². The zero-order valence-corrected chi connectivity index (χ0v) is 12.8. The number of aromatic nitrogens is 5. The summed E-state index contributed by atoms with van der Waals surface area (Å²) in [6.45, 7) is 1.95. The van der Waals surface area contributed by atoms with Gasteiger partial charge in [0.25, 0.3) is 5.78 Å². The van der Waals surface area contributed by atoms with Crippen molar-refractivity contribution in [3.8, 4) is 22.8 Å². The monoisotopic (exact) mass is 311 g/mol. The molecule has 2 aromatic heterocycles. The molecule has 4 rings (SSSR count). The number of methoxy groups -OCH3 is 2. The van der Waals surface area contributed by atoms with Crippen molar-refractivity contribution < 1.29 is 14.3 Å². The summed E-state index contributed by atoms with van der Waals surface area (Å²) < 4.78 is 12.3. The first kappa shape index (κ1) is 13.6. The predicted octanol–water partition coefficient (Wildman–Crippen LogP) is 1.31. The van der Waals surface area contributed by atoms with Gasteiger partial charge in [-0.2, -0.15) is 9.61 Å². The maximum Gasteiger partial charge on any atom is 0.272 e. The van der Waals surface area contributed by atoms with Crippen LogP contribution in [0.2, 0.25) is 0 Å². The smallest absolute Gasteiger partial charge is 0.272 e. The van der Waals surface area contributed by atoms with Crippen molar-refractivity contribution >= 4 is 11.6 Å². The molecule has 0 aliphatic heterocycles. The lowest BCUT2D eigenvalue weighted by Crippen LogP contribution is -2.06. The quantitative estimate of drug-likeness (QED) is 0.563. The van der Waals surface area contributed by atoms with Crippen molar-refractivity contribution in [3.05, 3.63) is 29.2 Å². The lowest BCUT2D eigenvalue weighted by atomic mass is 10.1. The van der Waals surface area contributed by atoms with Crippen LogP contribution < -0.4 is 9.47 Å². The first-order valence-electron chi connectivity index (χ1n) is 7.12. The molecule has 8 heteroatoms. The Morgan fingerprint density at radius 3 is 2.39 bits per heavy atom. The number of fused-ring (bicyclic) bond motifs is 4. The van der Waals surface area contributed by atoms with Gasteiger partial charge in [0.05, 0.1) is 25.3 Å². The second-order valence-electron chi connectivity index (χ2n) is 5.04. The van der Waals surface area contributed by atoms with E-state index in [9.17, 15) is 4.79 Å². The molecule has 0 N–H and O–H groups in total. The van der Waals surface area contributed by atoms with Gasteiger partial charge in [-0.1, -0.05) is 6.92 Å². The Hall–Kier alpha value is -3.03. The molecule has 0 atom stereocenters. The SMILES string of the molecule is CCc1nnc2nc3c(nn12)-c1c(OC)ccc(OC)c1C3=O. The fourth-order valence-electron chi connectivity index (χ4n) is 2.81. The van der Waals surface area contributed by atoms with Gasteiger partial charge in [-0.05, 0) is 12.1 Å². The first-order chi connectivity index (χ1) is 11.2. The highest BCUT2D eigenvalue weighted by atomic mass is 16.5. The summed E-state index contributed by atoms with van der Waals surface area (Å²) in [6, 6.07) is 3.45. The summed E-state index contributed by atoms with van der Waals surface area (Å²) >= 11 is 0. The number of aryl methyl sites for hydroxylation is 1. The molecule has 116 valence electrons. The molecular weight excluding hydrogens is 298 g/mol. The number of nitrogens with zero attached hydrogens (tertiary/aromatic N) is 5. The summed E-state index contributed by atoms with van der Waals surface area (Å²) in [5.41, 5.74) is 1.71. The van der Waals surface area contributed by atoms with Gasteiger partial charge in [-0.15, -0.1) is 10.2 Å². The van der Waals surface area contributed by atoms with Crippen LogP contribution in [0.15, 0.2) is 12.1 Å². The van der Waals surface area contributed by atoms with Crippen molar-refractivity contribution in [1.29, 1.82) is 0 Å². The van der Waals surface area contributed by atoms with Gasteiger partial charge >= 0.3 is 0 Å². The Morgan fingerprint density at radius 1 is 1.04 bits per heavy atom. The van der Waals surface area contributed by atoms with Gasteiger partial charge in [0.1, 0.15) is 22.9 Å². The van der Waals surface area contributed by atoms with Gasteiger partial charge in [-0.25, -0.2) is 4.98 Å². The van der Waals surface area contributed by atoms with Crippen molar-refractivity contribution in [2.45, 2.75) is 13.3 Å². The lowest BCUT2D eigenvalue weighted by Gasteiger charge is -2.10. The summed E-state index contributed by atoms with van der Waals surface area (Å²) in [5, 5.41) is 12.5. The maximum absolute atomic E-state index is 12.8. The Labute approximate surface area is 131 Å². The van der Waals surface area contributed by atoms with E-state index in [0.29, 0.717) is 46.3 Å². The summed E-state index contributed by atoms with van der Waals surface area (Å²) in [7, 11) is 3.07. The minimum atomic E-state index is -0.248. The van der Waals surface area contributed by atoms with Crippen LogP contribution in [0.25, 0.3) is 17.0 Å². The second-order valence-corrected chi connectivity index (χ2v) is 5.04. The van der Waals surface area contributed by atoms with E-state index in [2.05, 4.69) is 20.3 Å². The topological polar surface area (TPSA) is 91.5 Å². The zero-order valence-electron chi connectivity index (χ0n) is 12.8. The molecule has 0 fully saturated rings. The number of hydrogen-bond acceptors (Lipinski definition) is 7. The molecule has 0 spiro atoms. The number of ether oxygens (including phenoxy) is 2. The molecule has 3 aromatic rings. The van der Waals surface area contributed by atoms with Crippen molar-refractivity contribution in [2.75, 3.05) is 14.2 Å². The highest BCUT2D eigenvalue weighted by molar-refractivity contribution is 6.22. The Morgan fingerprint density at radius 2 is 1.74 bits per heavy atom. The standard InChI is InChI=1S/C15H13N5O3/c1-4-9-17-18-15-16-13-12(19-20(9)15)10-7(22-2)5-6-8(23-3)11(10)14(13)21/h5-6H,4H2,1-3H3. The van der Waals surface area contributed by atoms with E-state index >= 15 is 0 Å². The van der Waals surface area contributed by atoms with E-state index in [1.165, 1.54) is 7.11 Å². The number of rotatable bonds is 3. The van der Waals surface area contributed by atoms with Gasteiger partial charge in [-0.3, -0.25) is 4.79 Å². The summed E-state index contributed by atoms with van der Waals surface area (Å²) in [6.07, 6.45) is 0.657. The minimum absolute atomic E-state index is 0.241. The van der Waals surface area contributed by atoms with Gasteiger partial charge in [0.15, 0.2) is 5.82 Å². The van der Waals surface area contributed by atoms with E-state index in [1.54, 1.807) is 23.8 Å². The molecule has 0 saturated carbocycles. The first-order valence-corrected chi connectivity index (χ1v) is 7.12. The Bertz CT molecular complexity index is 963. The van der Waals surface area contributed by atoms with Crippen LogP contribution in [-0.4, -0.2) is 44.8 Å². The highest BCUT2D eigenvalue weighted by Gasteiger charge is 2.36. The molecule has 0 unspecified atom stereocenters. The van der Waals surface area contributed by atoms with Gasteiger partial charge in [0.2, 0.25) is 5.78 Å². The van der Waals surface area contributed by atoms with Gasteiger partial charge in [0, 0.05) is 6.42 Å². The van der Waals surface area contributed by atoms with Crippen LogP contribution in [0.1, 0.15) is 28.8 Å². The van der Waals surface area contributed by atoms with Crippen LogP contribution in [0.4, 0.5) is 0 Å².